The molecule has 0 heterocycles. The van der Waals surface area contributed by atoms with Crippen LogP contribution < -0.4 is 27.0 Å². The van der Waals surface area contributed by atoms with E-state index in [0.717, 1.165) is 6.42 Å². The number of primary amides is 1. The molecule has 0 aliphatic heterocycles. The standard InChI is InChI=1S/C41H50ClF4N5O8/c1-5-10-28(36(54)40(58)48-19-29(52)50-34(37(47)55)21-13-9-14-22(42)15-21)49-38(56)25-17-23(59-41(2,3)4)16-24(25)35(53)33(20-11-7-6-8-12-20)51-39(57)26-18-27(43)31(45)32(46)30(26)44/h9,13-15,18,20,23-25,28,33-34H,5-8,10-12,16-17,19H2,1-4H3,(H2,47,55)(H,48,58)(H,49,56)(H,50,52)(H,51,57)/t23-,24?,25+,28?,33-,34?/m0/s1. The number of benzene rings is 2. The van der Waals surface area contributed by atoms with Gasteiger partial charge in [-0.15, -0.1) is 0 Å². The largest absolute Gasteiger partial charge is 0.373 e. The number of halogens is 5. The van der Waals surface area contributed by atoms with Gasteiger partial charge in [-0.25, -0.2) is 17.6 Å². The Balaban J connectivity index is 1.53. The van der Waals surface area contributed by atoms with E-state index in [1.165, 1.54) is 12.1 Å². The Hall–Kier alpha value is -4.90. The van der Waals surface area contributed by atoms with Gasteiger partial charge >= 0.3 is 0 Å². The van der Waals surface area contributed by atoms with Crippen LogP contribution in [0.5, 0.6) is 0 Å². The monoisotopic (exact) mass is 851 g/mol. The van der Waals surface area contributed by atoms with Crippen LogP contribution >= 0.6 is 11.6 Å². The molecule has 18 heteroatoms. The highest BCUT2D eigenvalue weighted by molar-refractivity contribution is 6.38. The maximum atomic E-state index is 14.7. The summed E-state index contributed by atoms with van der Waals surface area (Å²) in [5.74, 6) is -17.6. The number of hydrogen-bond acceptors (Lipinski definition) is 8. The van der Waals surface area contributed by atoms with Gasteiger partial charge in [0.2, 0.25) is 23.5 Å². The van der Waals surface area contributed by atoms with E-state index in [-0.39, 0.29) is 35.9 Å². The quantitative estimate of drug-likeness (QED) is 0.0654. The van der Waals surface area contributed by atoms with Gasteiger partial charge in [0.05, 0.1) is 41.8 Å². The van der Waals surface area contributed by atoms with Crippen LogP contribution in [0.25, 0.3) is 0 Å². The van der Waals surface area contributed by atoms with Crippen LogP contribution in [-0.4, -0.2) is 71.4 Å². The van der Waals surface area contributed by atoms with Crippen molar-refractivity contribution >= 4 is 52.7 Å². The second-order valence-electron chi connectivity index (χ2n) is 16.0. The molecule has 2 saturated carbocycles. The Kier molecular flexibility index (Phi) is 16.2. The SMILES string of the molecule is CCCC(NC(=O)[C@@H]1C[C@@H](OC(C)(C)C)CC1C(=O)[C@@H](NC(=O)c1cc(F)c(F)c(F)c1F)C1CCCCC1)C(=O)C(=O)NCC(=O)NC(C(N)=O)c1cccc(Cl)c1. The van der Waals surface area contributed by atoms with Crippen molar-refractivity contribution < 1.29 is 55.9 Å². The fourth-order valence-corrected chi connectivity index (χ4v) is 7.93. The van der Waals surface area contributed by atoms with E-state index in [0.29, 0.717) is 32.1 Å². The predicted octanol–water partition coefficient (Wildman–Crippen LogP) is 4.67. The van der Waals surface area contributed by atoms with Gasteiger partial charge in [-0.1, -0.05) is 56.3 Å². The van der Waals surface area contributed by atoms with E-state index < -0.39 is 124 Å². The predicted molar refractivity (Wildman–Crippen MR) is 206 cm³/mol. The number of ketones is 2. The van der Waals surface area contributed by atoms with Crippen LogP contribution in [0.1, 0.15) is 107 Å². The zero-order chi connectivity index (χ0) is 43.8. The molecular formula is C41H50ClF4N5O8. The number of Topliss-reactive ketones (excluding diaryl/α,β-unsaturated/α-hetero) is 2. The van der Waals surface area contributed by atoms with E-state index in [1.807, 2.05) is 0 Å². The topological polar surface area (TPSA) is 203 Å². The molecule has 2 aromatic rings. The average Bonchev–Trinajstić information content (AvgIpc) is 3.60. The van der Waals surface area contributed by atoms with Gasteiger partial charge in [-0.2, -0.15) is 0 Å². The second kappa shape index (κ2) is 20.4. The van der Waals surface area contributed by atoms with Crippen LogP contribution in [0, 0.1) is 41.0 Å². The third-order valence-corrected chi connectivity index (χ3v) is 10.7. The minimum atomic E-state index is -2.19. The number of amides is 5. The van der Waals surface area contributed by atoms with Gasteiger partial charge in [0.25, 0.3) is 11.8 Å². The van der Waals surface area contributed by atoms with E-state index in [4.69, 9.17) is 22.1 Å². The molecule has 6 atom stereocenters. The minimum Gasteiger partial charge on any atom is -0.373 e. The molecule has 5 amide bonds. The maximum absolute atomic E-state index is 14.7. The molecule has 0 saturated heterocycles. The molecule has 59 heavy (non-hydrogen) atoms. The summed E-state index contributed by atoms with van der Waals surface area (Å²) in [6, 6.07) is 2.20. The first-order valence-corrected chi connectivity index (χ1v) is 19.9. The summed E-state index contributed by atoms with van der Waals surface area (Å²) in [7, 11) is 0. The summed E-state index contributed by atoms with van der Waals surface area (Å²) in [5, 5.41) is 9.87. The molecule has 2 fully saturated rings. The first kappa shape index (κ1) is 46.8. The molecule has 2 aliphatic carbocycles. The van der Waals surface area contributed by atoms with Gasteiger partial charge in [-0.05, 0) is 82.6 Å². The van der Waals surface area contributed by atoms with Crippen LogP contribution in [0.15, 0.2) is 30.3 Å². The summed E-state index contributed by atoms with van der Waals surface area (Å²) in [6.45, 7) is 6.29. The lowest BCUT2D eigenvalue weighted by molar-refractivity contribution is -0.141. The van der Waals surface area contributed by atoms with E-state index in [2.05, 4.69) is 21.3 Å². The Morgan fingerprint density at radius 3 is 2.15 bits per heavy atom. The van der Waals surface area contributed by atoms with Crippen molar-refractivity contribution in [3.63, 3.8) is 0 Å². The smallest absolute Gasteiger partial charge is 0.290 e. The molecule has 0 aromatic heterocycles. The van der Waals surface area contributed by atoms with Crippen LogP contribution in [0.4, 0.5) is 17.6 Å². The first-order valence-electron chi connectivity index (χ1n) is 19.5. The molecule has 322 valence electrons. The molecule has 0 spiro atoms. The third kappa shape index (κ3) is 12.3. The summed E-state index contributed by atoms with van der Waals surface area (Å²) >= 11 is 5.99. The van der Waals surface area contributed by atoms with Gasteiger partial charge in [0.1, 0.15) is 6.04 Å². The zero-order valence-corrected chi connectivity index (χ0v) is 34.0. The lowest BCUT2D eigenvalue weighted by Crippen LogP contribution is -2.53. The highest BCUT2D eigenvalue weighted by atomic mass is 35.5. The lowest BCUT2D eigenvalue weighted by Gasteiger charge is -2.33. The molecule has 4 rings (SSSR count). The van der Waals surface area contributed by atoms with Crippen molar-refractivity contribution in [2.24, 2.45) is 23.5 Å². The Labute approximate surface area is 344 Å². The summed E-state index contributed by atoms with van der Waals surface area (Å²) in [4.78, 5) is 93.3. The van der Waals surface area contributed by atoms with E-state index in [9.17, 15) is 51.1 Å². The number of nitrogens with two attached hydrogens (primary N) is 1. The van der Waals surface area contributed by atoms with Gasteiger partial charge in [-0.3, -0.25) is 33.6 Å². The van der Waals surface area contributed by atoms with Crippen LogP contribution in [0.2, 0.25) is 5.02 Å². The van der Waals surface area contributed by atoms with Crippen molar-refractivity contribution in [2.75, 3.05) is 6.54 Å². The normalized spacial score (nSPS) is 19.8. The van der Waals surface area contributed by atoms with E-state index >= 15 is 0 Å². The van der Waals surface area contributed by atoms with Crippen LogP contribution in [0.3, 0.4) is 0 Å². The number of carbonyl (C=O) groups is 7. The highest BCUT2D eigenvalue weighted by Crippen LogP contribution is 2.40. The minimum absolute atomic E-state index is 0.000908. The maximum Gasteiger partial charge on any atom is 0.290 e. The first-order chi connectivity index (χ1) is 27.7. The fourth-order valence-electron chi connectivity index (χ4n) is 7.73. The number of carbonyl (C=O) groups excluding carboxylic acids is 7. The molecular weight excluding hydrogens is 802 g/mol. The second-order valence-corrected chi connectivity index (χ2v) is 16.4. The molecule has 2 aliphatic rings. The van der Waals surface area contributed by atoms with Crippen molar-refractivity contribution in [1.82, 2.24) is 21.3 Å². The van der Waals surface area contributed by atoms with Gasteiger partial charge in [0, 0.05) is 10.9 Å². The lowest BCUT2D eigenvalue weighted by atomic mass is 9.77. The number of hydrogen-bond donors (Lipinski definition) is 5. The van der Waals surface area contributed by atoms with Gasteiger partial charge in [0.15, 0.2) is 29.1 Å². The molecule has 3 unspecified atom stereocenters. The fraction of sp³-hybridized carbons (Fsp3) is 0.537. The third-order valence-electron chi connectivity index (χ3n) is 10.4. The van der Waals surface area contributed by atoms with Crippen molar-refractivity contribution in [1.29, 1.82) is 0 Å². The Bertz CT molecular complexity index is 1940. The van der Waals surface area contributed by atoms with Crippen molar-refractivity contribution in [2.45, 2.75) is 115 Å². The number of nitrogens with one attached hydrogen (secondary N) is 4. The zero-order valence-electron chi connectivity index (χ0n) is 33.2. The molecule has 6 N–H and O–H groups in total. The molecule has 0 bridgehead atoms. The van der Waals surface area contributed by atoms with Crippen molar-refractivity contribution in [3.05, 3.63) is 69.8 Å². The average molecular weight is 852 g/mol. The summed E-state index contributed by atoms with van der Waals surface area (Å²) in [6.07, 6.45) is 2.79. The van der Waals surface area contributed by atoms with Gasteiger partial charge < -0.3 is 31.7 Å². The highest BCUT2D eigenvalue weighted by Gasteiger charge is 2.48. The number of rotatable bonds is 17. The van der Waals surface area contributed by atoms with Crippen molar-refractivity contribution in [3.8, 4) is 0 Å². The summed E-state index contributed by atoms with van der Waals surface area (Å²) in [5.41, 5.74) is 3.88. The Morgan fingerprint density at radius 2 is 1.54 bits per heavy atom. The molecule has 0 radical (unpaired) electrons. The number of ether oxygens (including phenoxy) is 1. The summed E-state index contributed by atoms with van der Waals surface area (Å²) < 4.78 is 62.8. The Morgan fingerprint density at radius 1 is 0.881 bits per heavy atom. The molecule has 2 aromatic carbocycles. The van der Waals surface area contributed by atoms with Crippen LogP contribution in [-0.2, 0) is 33.5 Å². The molecule has 13 nitrogen and oxygen atoms in total. The van der Waals surface area contributed by atoms with E-state index in [1.54, 1.807) is 39.8 Å².